The van der Waals surface area contributed by atoms with Gasteiger partial charge in [-0.1, -0.05) is 71.4 Å². The number of carbonyl (C=O) groups excluding carboxylic acids is 1. The number of piperidine rings is 1. The zero-order valence-electron chi connectivity index (χ0n) is 22.3. The van der Waals surface area contributed by atoms with Gasteiger partial charge < -0.3 is 19.3 Å². The highest BCUT2D eigenvalue weighted by atomic mass is 35.5. The number of rotatable bonds is 7. The number of hydrogen-bond donors (Lipinski definition) is 2. The number of anilines is 2. The van der Waals surface area contributed by atoms with Gasteiger partial charge in [-0.05, 0) is 56.0 Å². The van der Waals surface area contributed by atoms with Crippen molar-refractivity contribution in [3.05, 3.63) is 89.1 Å². The van der Waals surface area contributed by atoms with Crippen LogP contribution in [-0.4, -0.2) is 35.4 Å². The fraction of sp³-hybridized carbons (Fsp3) is 0.258. The summed E-state index contributed by atoms with van der Waals surface area (Å²) < 4.78 is 11.1. The van der Waals surface area contributed by atoms with Crippen LogP contribution in [0.3, 0.4) is 0 Å². The standard InChI is InChI=1S/C31H30ClN3O5/c1-19-28(33-31(38)39-20(2)26-7-3-4-8-27(26)32)29(40-34-19)23-11-9-21(10-12-23)22-13-15-25(16-14-22)35-17-5-6-24(18-35)30(36)37/h3-4,7-16,20,24H,5-6,17-18H2,1-2H3,(H,33,38)(H,36,37)/t20-,24-/m1/s1. The molecule has 0 saturated carbocycles. The summed E-state index contributed by atoms with van der Waals surface area (Å²) in [4.78, 5) is 26.2. The van der Waals surface area contributed by atoms with Crippen molar-refractivity contribution in [3.8, 4) is 22.5 Å². The van der Waals surface area contributed by atoms with E-state index in [1.807, 2.05) is 66.7 Å². The molecule has 9 heteroatoms. The van der Waals surface area contributed by atoms with E-state index < -0.39 is 18.2 Å². The second kappa shape index (κ2) is 11.8. The topological polar surface area (TPSA) is 105 Å². The van der Waals surface area contributed by atoms with E-state index in [-0.39, 0.29) is 5.92 Å². The SMILES string of the molecule is Cc1noc(-c2ccc(-c3ccc(N4CCC[C@@H](C(=O)O)C4)cc3)cc2)c1NC(=O)O[C@H](C)c1ccccc1Cl. The average Bonchev–Trinajstić information content (AvgIpc) is 3.32. The summed E-state index contributed by atoms with van der Waals surface area (Å²) >= 11 is 6.23. The number of carboxylic acids is 1. The van der Waals surface area contributed by atoms with Crippen molar-refractivity contribution in [1.82, 2.24) is 5.16 Å². The first-order valence-corrected chi connectivity index (χ1v) is 13.5. The van der Waals surface area contributed by atoms with E-state index in [4.69, 9.17) is 20.9 Å². The number of aliphatic carboxylic acids is 1. The molecular formula is C31H30ClN3O5. The van der Waals surface area contributed by atoms with Gasteiger partial charge in [0.15, 0.2) is 5.76 Å². The first kappa shape index (κ1) is 27.3. The number of nitrogens with one attached hydrogen (secondary N) is 1. The molecule has 5 rings (SSSR count). The molecule has 1 aromatic heterocycles. The summed E-state index contributed by atoms with van der Waals surface area (Å²) in [5.41, 5.74) is 5.50. The lowest BCUT2D eigenvalue weighted by atomic mass is 9.97. The Morgan fingerprint density at radius 3 is 2.38 bits per heavy atom. The fourth-order valence-corrected chi connectivity index (χ4v) is 5.26. The summed E-state index contributed by atoms with van der Waals surface area (Å²) in [6.45, 7) is 4.89. The number of ether oxygens (including phenoxy) is 1. The monoisotopic (exact) mass is 559 g/mol. The van der Waals surface area contributed by atoms with Gasteiger partial charge in [0, 0.05) is 34.9 Å². The highest BCUT2D eigenvalue weighted by Gasteiger charge is 2.25. The summed E-state index contributed by atoms with van der Waals surface area (Å²) in [7, 11) is 0. The zero-order valence-corrected chi connectivity index (χ0v) is 23.0. The summed E-state index contributed by atoms with van der Waals surface area (Å²) in [5.74, 6) is -0.627. The lowest BCUT2D eigenvalue weighted by molar-refractivity contribution is -0.141. The van der Waals surface area contributed by atoms with E-state index in [2.05, 4.69) is 15.4 Å². The minimum Gasteiger partial charge on any atom is -0.481 e. The molecule has 0 bridgehead atoms. The van der Waals surface area contributed by atoms with Gasteiger partial charge in [0.1, 0.15) is 17.5 Å². The molecule has 2 heterocycles. The Morgan fingerprint density at radius 1 is 1.05 bits per heavy atom. The molecule has 2 N–H and O–H groups in total. The van der Waals surface area contributed by atoms with E-state index in [1.165, 1.54) is 0 Å². The second-order valence-electron chi connectivity index (χ2n) is 9.91. The number of hydrogen-bond acceptors (Lipinski definition) is 6. The summed E-state index contributed by atoms with van der Waals surface area (Å²) in [6, 6.07) is 23.1. The van der Waals surface area contributed by atoms with Gasteiger partial charge >= 0.3 is 12.1 Å². The van der Waals surface area contributed by atoms with Crippen LogP contribution in [0.1, 0.15) is 37.1 Å². The highest BCUT2D eigenvalue weighted by Crippen LogP contribution is 2.34. The highest BCUT2D eigenvalue weighted by molar-refractivity contribution is 6.31. The summed E-state index contributed by atoms with van der Waals surface area (Å²) in [5, 5.41) is 16.7. The predicted molar refractivity (Wildman–Crippen MR) is 155 cm³/mol. The number of carboxylic acid groups (broad SMARTS) is 1. The normalized spacial score (nSPS) is 15.9. The van der Waals surface area contributed by atoms with Crippen LogP contribution in [0.25, 0.3) is 22.5 Å². The number of aryl methyl sites for hydroxylation is 1. The molecule has 1 fully saturated rings. The third-order valence-electron chi connectivity index (χ3n) is 7.20. The Hall–Kier alpha value is -4.30. The molecule has 8 nitrogen and oxygen atoms in total. The maximum atomic E-state index is 12.7. The predicted octanol–water partition coefficient (Wildman–Crippen LogP) is 7.58. The summed E-state index contributed by atoms with van der Waals surface area (Å²) in [6.07, 6.45) is 0.411. The molecule has 3 aromatic carbocycles. The van der Waals surface area contributed by atoms with Gasteiger partial charge in [-0.15, -0.1) is 0 Å². The van der Waals surface area contributed by atoms with E-state index in [1.54, 1.807) is 19.9 Å². The van der Waals surface area contributed by atoms with Gasteiger partial charge in [-0.3, -0.25) is 10.1 Å². The molecule has 0 spiro atoms. The smallest absolute Gasteiger partial charge is 0.412 e. The molecule has 1 aliphatic heterocycles. The lowest BCUT2D eigenvalue weighted by Crippen LogP contribution is -2.38. The number of halogens is 1. The molecule has 2 atom stereocenters. The molecule has 0 aliphatic carbocycles. The van der Waals surface area contributed by atoms with E-state index in [9.17, 15) is 14.7 Å². The maximum Gasteiger partial charge on any atom is 0.412 e. The molecule has 4 aromatic rings. The van der Waals surface area contributed by atoms with E-state index in [0.717, 1.165) is 41.8 Å². The Labute approximate surface area is 237 Å². The van der Waals surface area contributed by atoms with E-state index >= 15 is 0 Å². The minimum atomic E-state index is -0.731. The van der Waals surface area contributed by atoms with Crippen LogP contribution in [0.4, 0.5) is 16.2 Å². The van der Waals surface area contributed by atoms with Crippen LogP contribution in [0.15, 0.2) is 77.3 Å². The molecule has 206 valence electrons. The number of benzene rings is 3. The average molecular weight is 560 g/mol. The molecule has 40 heavy (non-hydrogen) atoms. The molecule has 1 amide bonds. The number of carbonyl (C=O) groups is 2. The van der Waals surface area contributed by atoms with Crippen LogP contribution in [0.2, 0.25) is 5.02 Å². The molecule has 1 aliphatic rings. The van der Waals surface area contributed by atoms with Crippen LogP contribution in [0.5, 0.6) is 0 Å². The largest absolute Gasteiger partial charge is 0.481 e. The lowest BCUT2D eigenvalue weighted by Gasteiger charge is -2.32. The molecular weight excluding hydrogens is 530 g/mol. The van der Waals surface area contributed by atoms with Crippen molar-refractivity contribution in [2.24, 2.45) is 5.92 Å². The van der Waals surface area contributed by atoms with Crippen molar-refractivity contribution >= 4 is 35.0 Å². The van der Waals surface area contributed by atoms with Gasteiger partial charge in [0.2, 0.25) is 0 Å². The quantitative estimate of drug-likeness (QED) is 0.240. The van der Waals surface area contributed by atoms with Gasteiger partial charge in [-0.2, -0.15) is 0 Å². The van der Waals surface area contributed by atoms with Gasteiger partial charge in [-0.25, -0.2) is 4.79 Å². The van der Waals surface area contributed by atoms with Crippen molar-refractivity contribution in [3.63, 3.8) is 0 Å². The van der Waals surface area contributed by atoms with Crippen molar-refractivity contribution in [1.29, 1.82) is 0 Å². The van der Waals surface area contributed by atoms with Gasteiger partial charge in [0.25, 0.3) is 0 Å². The Balaban J connectivity index is 1.27. The van der Waals surface area contributed by atoms with Gasteiger partial charge in [0.05, 0.1) is 5.92 Å². The van der Waals surface area contributed by atoms with Crippen molar-refractivity contribution in [2.45, 2.75) is 32.8 Å². The van der Waals surface area contributed by atoms with Crippen LogP contribution >= 0.6 is 11.6 Å². The van der Waals surface area contributed by atoms with Crippen LogP contribution in [0, 0.1) is 12.8 Å². The first-order chi connectivity index (χ1) is 19.3. The van der Waals surface area contributed by atoms with Crippen molar-refractivity contribution in [2.75, 3.05) is 23.3 Å². The minimum absolute atomic E-state index is 0.326. The number of aromatic nitrogens is 1. The Bertz CT molecular complexity index is 1500. The number of amides is 1. The molecule has 0 radical (unpaired) electrons. The first-order valence-electron chi connectivity index (χ1n) is 13.2. The van der Waals surface area contributed by atoms with Crippen molar-refractivity contribution < 1.29 is 24.0 Å². The van der Waals surface area contributed by atoms with E-state index in [0.29, 0.717) is 34.3 Å². The third-order valence-corrected chi connectivity index (χ3v) is 7.54. The zero-order chi connectivity index (χ0) is 28.2. The fourth-order valence-electron chi connectivity index (χ4n) is 4.97. The molecule has 0 unspecified atom stereocenters. The second-order valence-corrected chi connectivity index (χ2v) is 10.3. The van der Waals surface area contributed by atoms with Crippen LogP contribution in [-0.2, 0) is 9.53 Å². The van der Waals surface area contributed by atoms with Crippen LogP contribution < -0.4 is 10.2 Å². The molecule has 1 saturated heterocycles. The number of nitrogens with zero attached hydrogens (tertiary/aromatic N) is 2. The Kier molecular flexibility index (Phi) is 8.07. The third kappa shape index (κ3) is 5.97. The maximum absolute atomic E-state index is 12.7. The Morgan fingerprint density at radius 2 is 1.70 bits per heavy atom.